The van der Waals surface area contributed by atoms with Crippen molar-refractivity contribution in [1.82, 2.24) is 19.1 Å². The molecule has 4 heteroatoms. The van der Waals surface area contributed by atoms with Gasteiger partial charge in [-0.15, -0.1) is 0 Å². The Morgan fingerprint density at radius 1 is 0.381 bits per heavy atom. The van der Waals surface area contributed by atoms with Gasteiger partial charge in [-0.05, 0) is 35.0 Å². The van der Waals surface area contributed by atoms with Crippen molar-refractivity contribution in [2.45, 2.75) is 0 Å². The highest BCUT2D eigenvalue weighted by molar-refractivity contribution is 6.10. The zero-order chi connectivity index (χ0) is 27.6. The minimum absolute atomic E-state index is 0.648. The third-order valence-electron chi connectivity index (χ3n) is 8.36. The molecule has 0 amide bonds. The van der Waals surface area contributed by atoms with Crippen LogP contribution in [0.2, 0.25) is 0 Å². The monoisotopic (exact) mass is 536 g/mol. The van der Waals surface area contributed by atoms with E-state index in [4.69, 9.17) is 9.97 Å². The van der Waals surface area contributed by atoms with Gasteiger partial charge in [0.2, 0.25) is 5.95 Å². The Labute approximate surface area is 241 Å². The minimum Gasteiger partial charge on any atom is -0.294 e. The van der Waals surface area contributed by atoms with E-state index in [1.165, 1.54) is 32.3 Å². The Morgan fingerprint density at radius 3 is 1.40 bits per heavy atom. The van der Waals surface area contributed by atoms with Crippen LogP contribution >= 0.6 is 0 Å². The molecule has 0 aliphatic rings. The topological polar surface area (TPSA) is 35.6 Å². The zero-order valence-corrected chi connectivity index (χ0v) is 22.6. The van der Waals surface area contributed by atoms with Gasteiger partial charge in [0, 0.05) is 33.2 Å². The maximum absolute atomic E-state index is 5.34. The van der Waals surface area contributed by atoms with E-state index in [9.17, 15) is 0 Å². The zero-order valence-electron chi connectivity index (χ0n) is 22.6. The van der Waals surface area contributed by atoms with Crippen molar-refractivity contribution in [2.24, 2.45) is 0 Å². The number of hydrogen-bond acceptors (Lipinski definition) is 2. The largest absolute Gasteiger partial charge is 0.294 e. The summed E-state index contributed by atoms with van der Waals surface area (Å²) in [5.74, 6) is 1.48. The molecule has 0 saturated heterocycles. The summed E-state index contributed by atoms with van der Waals surface area (Å²) in [6.45, 7) is 0. The van der Waals surface area contributed by atoms with Crippen molar-refractivity contribution in [3.8, 4) is 23.0 Å². The molecule has 6 aromatic carbocycles. The smallest absolute Gasteiger partial charge is 0.237 e. The SMILES string of the molecule is c1ccc2c(-c3cc(-n4c5ccccc5c5ccccc54)nc(-n4c5ccccc5c5ccccc54)n3)cccc2c1. The molecule has 3 aromatic heterocycles. The summed E-state index contributed by atoms with van der Waals surface area (Å²) < 4.78 is 4.48. The molecule has 9 aromatic rings. The molecule has 0 atom stereocenters. The minimum atomic E-state index is 0.648. The molecule has 0 N–H and O–H groups in total. The number of aromatic nitrogens is 4. The third kappa shape index (κ3) is 3.29. The molecule has 0 bridgehead atoms. The van der Waals surface area contributed by atoms with Crippen LogP contribution in [0.3, 0.4) is 0 Å². The van der Waals surface area contributed by atoms with Gasteiger partial charge in [-0.2, -0.15) is 4.98 Å². The van der Waals surface area contributed by atoms with Crippen LogP contribution in [0, 0.1) is 0 Å². The lowest BCUT2D eigenvalue weighted by molar-refractivity contribution is 0.952. The van der Waals surface area contributed by atoms with E-state index in [-0.39, 0.29) is 0 Å². The van der Waals surface area contributed by atoms with Crippen LogP contribution in [0.4, 0.5) is 0 Å². The van der Waals surface area contributed by atoms with Crippen LogP contribution in [0.15, 0.2) is 146 Å². The fourth-order valence-corrected chi connectivity index (χ4v) is 6.53. The highest BCUT2D eigenvalue weighted by atomic mass is 15.2. The summed E-state index contributed by atoms with van der Waals surface area (Å²) in [6.07, 6.45) is 0. The number of hydrogen-bond donors (Lipinski definition) is 0. The van der Waals surface area contributed by atoms with Crippen LogP contribution in [0.5, 0.6) is 0 Å². The maximum Gasteiger partial charge on any atom is 0.237 e. The molecule has 0 aliphatic carbocycles. The van der Waals surface area contributed by atoms with Crippen molar-refractivity contribution in [3.05, 3.63) is 146 Å². The molecule has 196 valence electrons. The van der Waals surface area contributed by atoms with Gasteiger partial charge in [0.15, 0.2) is 0 Å². The fourth-order valence-electron chi connectivity index (χ4n) is 6.53. The van der Waals surface area contributed by atoms with Gasteiger partial charge < -0.3 is 0 Å². The average Bonchev–Trinajstić information content (AvgIpc) is 3.57. The molecule has 0 fully saturated rings. The second-order valence-electron chi connectivity index (χ2n) is 10.7. The molecular formula is C38H24N4. The highest BCUT2D eigenvalue weighted by Crippen LogP contribution is 2.36. The van der Waals surface area contributed by atoms with Gasteiger partial charge in [0.25, 0.3) is 0 Å². The average molecular weight is 537 g/mol. The number of para-hydroxylation sites is 4. The summed E-state index contributed by atoms with van der Waals surface area (Å²) in [4.78, 5) is 10.6. The molecule has 9 rings (SSSR count). The van der Waals surface area contributed by atoms with E-state index < -0.39 is 0 Å². The van der Waals surface area contributed by atoms with E-state index >= 15 is 0 Å². The normalized spacial score (nSPS) is 11.8. The van der Waals surface area contributed by atoms with E-state index in [0.29, 0.717) is 5.95 Å². The first-order valence-corrected chi connectivity index (χ1v) is 14.2. The first-order chi connectivity index (χ1) is 20.8. The van der Waals surface area contributed by atoms with Gasteiger partial charge in [0.05, 0.1) is 27.8 Å². The second-order valence-corrected chi connectivity index (χ2v) is 10.7. The molecule has 0 aliphatic heterocycles. The lowest BCUT2D eigenvalue weighted by Gasteiger charge is -2.14. The molecular weight excluding hydrogens is 512 g/mol. The van der Waals surface area contributed by atoms with E-state index in [0.717, 1.165) is 39.1 Å². The Morgan fingerprint density at radius 2 is 0.833 bits per heavy atom. The molecule has 42 heavy (non-hydrogen) atoms. The van der Waals surface area contributed by atoms with Crippen LogP contribution in [-0.4, -0.2) is 19.1 Å². The lowest BCUT2D eigenvalue weighted by Crippen LogP contribution is -2.07. The number of fused-ring (bicyclic) bond motifs is 7. The molecule has 4 nitrogen and oxygen atoms in total. The van der Waals surface area contributed by atoms with Gasteiger partial charge >= 0.3 is 0 Å². The summed E-state index contributed by atoms with van der Waals surface area (Å²) in [5, 5.41) is 7.13. The van der Waals surface area contributed by atoms with Crippen LogP contribution < -0.4 is 0 Å². The number of benzene rings is 6. The number of rotatable bonds is 3. The predicted octanol–water partition coefficient (Wildman–Crippen LogP) is 9.49. The molecule has 0 radical (unpaired) electrons. The van der Waals surface area contributed by atoms with Crippen molar-refractivity contribution in [3.63, 3.8) is 0 Å². The Balaban J connectivity index is 1.44. The second kappa shape index (κ2) is 8.88. The van der Waals surface area contributed by atoms with Gasteiger partial charge in [-0.25, -0.2) is 4.98 Å². The van der Waals surface area contributed by atoms with Crippen molar-refractivity contribution in [2.75, 3.05) is 0 Å². The van der Waals surface area contributed by atoms with Crippen LogP contribution in [0.1, 0.15) is 0 Å². The summed E-state index contributed by atoms with van der Waals surface area (Å²) >= 11 is 0. The van der Waals surface area contributed by atoms with Crippen molar-refractivity contribution < 1.29 is 0 Å². The summed E-state index contributed by atoms with van der Waals surface area (Å²) in [7, 11) is 0. The van der Waals surface area contributed by atoms with Gasteiger partial charge in [-0.3, -0.25) is 9.13 Å². The van der Waals surface area contributed by atoms with E-state index in [2.05, 4.69) is 155 Å². The maximum atomic E-state index is 5.34. The lowest BCUT2D eigenvalue weighted by atomic mass is 10.0. The van der Waals surface area contributed by atoms with E-state index in [1.807, 2.05) is 0 Å². The number of nitrogens with zero attached hydrogens (tertiary/aromatic N) is 4. The molecule has 0 saturated carbocycles. The predicted molar refractivity (Wildman–Crippen MR) is 174 cm³/mol. The van der Waals surface area contributed by atoms with Crippen LogP contribution in [0.25, 0.3) is 77.4 Å². The summed E-state index contributed by atoms with van der Waals surface area (Å²) in [6, 6.07) is 51.2. The van der Waals surface area contributed by atoms with Gasteiger partial charge in [0.1, 0.15) is 5.82 Å². The first-order valence-electron chi connectivity index (χ1n) is 14.2. The van der Waals surface area contributed by atoms with Crippen LogP contribution in [-0.2, 0) is 0 Å². The standard InChI is InChI=1S/C38H24N4/c1-2-14-26-25(12-1)13-11-19-27(26)32-24-37(41-33-20-7-3-15-28(33)29-16-4-8-21-34(29)41)40-38(39-32)42-35-22-9-5-17-30(35)31-18-6-10-23-36(31)42/h1-24H. The summed E-state index contributed by atoms with van der Waals surface area (Å²) in [5.41, 5.74) is 6.38. The molecule has 0 unspecified atom stereocenters. The quantitative estimate of drug-likeness (QED) is 0.225. The Kier molecular flexibility index (Phi) is 4.87. The fraction of sp³-hybridized carbons (Fsp3) is 0. The van der Waals surface area contributed by atoms with Crippen molar-refractivity contribution >= 4 is 54.4 Å². The van der Waals surface area contributed by atoms with Crippen molar-refractivity contribution in [1.29, 1.82) is 0 Å². The third-order valence-corrected chi connectivity index (χ3v) is 8.36. The Bertz CT molecular complexity index is 2240. The first kappa shape index (κ1) is 23.0. The molecule has 0 spiro atoms. The Hall–Kier alpha value is -5.74. The van der Waals surface area contributed by atoms with Gasteiger partial charge in [-0.1, -0.05) is 115 Å². The highest BCUT2D eigenvalue weighted by Gasteiger charge is 2.19. The molecule has 3 heterocycles. The van der Waals surface area contributed by atoms with E-state index in [1.54, 1.807) is 0 Å².